The fraction of sp³-hybridized carbons (Fsp3) is 0.308. The molecule has 2 rings (SSSR count). The van der Waals surface area contributed by atoms with Crippen molar-refractivity contribution in [1.82, 2.24) is 5.32 Å². The molecule has 0 saturated heterocycles. The minimum Gasteiger partial charge on any atom is -0.480 e. The number of rotatable bonds is 4. The molecule has 3 nitrogen and oxygen atoms in total. The van der Waals surface area contributed by atoms with Crippen LogP contribution in [0.5, 0.6) is 0 Å². The van der Waals surface area contributed by atoms with Crippen LogP contribution in [0.4, 0.5) is 0 Å². The summed E-state index contributed by atoms with van der Waals surface area (Å²) in [6.07, 6.45) is 4.62. The van der Waals surface area contributed by atoms with E-state index in [0.29, 0.717) is 6.42 Å². The maximum absolute atomic E-state index is 10.9. The Morgan fingerprint density at radius 3 is 2.94 bits per heavy atom. The Hall–Kier alpha value is -1.61. The fourth-order valence-corrected chi connectivity index (χ4v) is 1.98. The average Bonchev–Trinajstić information content (AvgIpc) is 2.69. The van der Waals surface area contributed by atoms with E-state index < -0.39 is 12.0 Å². The Morgan fingerprint density at radius 1 is 1.50 bits per heavy atom. The second kappa shape index (κ2) is 4.49. The monoisotopic (exact) mass is 217 g/mol. The van der Waals surface area contributed by atoms with Crippen LogP contribution >= 0.6 is 0 Å². The molecular weight excluding hydrogens is 202 g/mol. The maximum Gasteiger partial charge on any atom is 0.320 e. The van der Waals surface area contributed by atoms with Gasteiger partial charge in [0.2, 0.25) is 0 Å². The Bertz CT molecular complexity index is 426. The highest BCUT2D eigenvalue weighted by atomic mass is 16.4. The van der Waals surface area contributed by atoms with Crippen molar-refractivity contribution in [3.05, 3.63) is 41.5 Å². The summed E-state index contributed by atoms with van der Waals surface area (Å²) < 4.78 is 0. The molecule has 0 aromatic heterocycles. The lowest BCUT2D eigenvalue weighted by Crippen LogP contribution is -2.37. The molecule has 0 aliphatic heterocycles. The summed E-state index contributed by atoms with van der Waals surface area (Å²) in [6.45, 7) is 1.87. The second-order valence-corrected chi connectivity index (χ2v) is 3.93. The quantitative estimate of drug-likeness (QED) is 0.813. The fourth-order valence-electron chi connectivity index (χ4n) is 1.98. The highest BCUT2D eigenvalue weighted by Gasteiger charge is 2.22. The highest BCUT2D eigenvalue weighted by Crippen LogP contribution is 2.28. The lowest BCUT2D eigenvalue weighted by molar-refractivity contribution is -0.139. The van der Waals surface area contributed by atoms with Crippen LogP contribution in [0.1, 0.15) is 30.5 Å². The molecule has 0 bridgehead atoms. The van der Waals surface area contributed by atoms with E-state index in [4.69, 9.17) is 5.11 Å². The first kappa shape index (κ1) is 10.9. The minimum absolute atomic E-state index is 0.0252. The number of carboxylic acid groups (broad SMARTS) is 1. The van der Waals surface area contributed by atoms with Gasteiger partial charge in [0.25, 0.3) is 0 Å². The molecule has 84 valence electrons. The first-order valence-electron chi connectivity index (χ1n) is 5.48. The Kier molecular flexibility index (Phi) is 3.06. The normalized spacial score (nSPS) is 19.4. The first-order valence-corrected chi connectivity index (χ1v) is 5.48. The molecule has 0 amide bonds. The van der Waals surface area contributed by atoms with Crippen molar-refractivity contribution in [1.29, 1.82) is 0 Å². The van der Waals surface area contributed by atoms with Crippen LogP contribution in [0.3, 0.4) is 0 Å². The lowest BCUT2D eigenvalue weighted by atomic mass is 10.1. The number of nitrogens with one attached hydrogen (secondary N) is 1. The standard InChI is InChI=1S/C13H15NO2/c1-2-11(13(15)16)14-12-8-7-9-5-3-4-6-10(9)12/h3-8,11-12,14H,2H2,1H3,(H,15,16)/t11-,12-/m0/s1. The van der Waals surface area contributed by atoms with Gasteiger partial charge in [0.05, 0.1) is 6.04 Å². The zero-order valence-electron chi connectivity index (χ0n) is 9.18. The minimum atomic E-state index is -0.791. The van der Waals surface area contributed by atoms with E-state index in [2.05, 4.69) is 5.32 Å². The van der Waals surface area contributed by atoms with E-state index in [1.165, 1.54) is 5.56 Å². The maximum atomic E-state index is 10.9. The number of benzene rings is 1. The van der Waals surface area contributed by atoms with E-state index in [-0.39, 0.29) is 6.04 Å². The van der Waals surface area contributed by atoms with Gasteiger partial charge in [-0.05, 0) is 17.5 Å². The van der Waals surface area contributed by atoms with E-state index in [1.54, 1.807) is 0 Å². The molecule has 0 saturated carbocycles. The van der Waals surface area contributed by atoms with Gasteiger partial charge in [-0.3, -0.25) is 10.1 Å². The van der Waals surface area contributed by atoms with Crippen molar-refractivity contribution < 1.29 is 9.90 Å². The number of hydrogen-bond acceptors (Lipinski definition) is 2. The van der Waals surface area contributed by atoms with Crippen LogP contribution in [-0.2, 0) is 4.79 Å². The molecule has 2 N–H and O–H groups in total. The second-order valence-electron chi connectivity index (χ2n) is 3.93. The van der Waals surface area contributed by atoms with Crippen LogP contribution in [0.25, 0.3) is 6.08 Å². The van der Waals surface area contributed by atoms with Crippen LogP contribution in [0.15, 0.2) is 30.3 Å². The van der Waals surface area contributed by atoms with Crippen molar-refractivity contribution in [2.75, 3.05) is 0 Å². The topological polar surface area (TPSA) is 49.3 Å². The van der Waals surface area contributed by atoms with E-state index in [9.17, 15) is 4.79 Å². The van der Waals surface area contributed by atoms with Gasteiger partial charge < -0.3 is 5.11 Å². The third kappa shape index (κ3) is 1.99. The van der Waals surface area contributed by atoms with Gasteiger partial charge in [-0.2, -0.15) is 0 Å². The van der Waals surface area contributed by atoms with Gasteiger partial charge in [-0.1, -0.05) is 43.3 Å². The van der Waals surface area contributed by atoms with Gasteiger partial charge in [0.15, 0.2) is 0 Å². The van der Waals surface area contributed by atoms with Crippen LogP contribution in [0, 0.1) is 0 Å². The number of fused-ring (bicyclic) bond motifs is 1. The smallest absolute Gasteiger partial charge is 0.320 e. The molecule has 0 spiro atoms. The molecule has 16 heavy (non-hydrogen) atoms. The average molecular weight is 217 g/mol. The Morgan fingerprint density at radius 2 is 2.25 bits per heavy atom. The highest BCUT2D eigenvalue weighted by molar-refractivity contribution is 5.74. The third-order valence-corrected chi connectivity index (χ3v) is 2.89. The number of aliphatic carboxylic acids is 1. The summed E-state index contributed by atoms with van der Waals surface area (Å²) in [7, 11) is 0. The molecule has 1 aromatic rings. The molecule has 0 fully saturated rings. The molecular formula is C13H15NO2. The predicted molar refractivity (Wildman–Crippen MR) is 63.1 cm³/mol. The zero-order chi connectivity index (χ0) is 11.5. The molecule has 1 aromatic carbocycles. The van der Waals surface area contributed by atoms with Gasteiger partial charge in [-0.25, -0.2) is 0 Å². The Balaban J connectivity index is 2.14. The van der Waals surface area contributed by atoms with Crippen molar-refractivity contribution in [2.45, 2.75) is 25.4 Å². The number of carbonyl (C=O) groups is 1. The molecule has 0 unspecified atom stereocenters. The summed E-state index contributed by atoms with van der Waals surface area (Å²) in [6, 6.07) is 7.57. The molecule has 2 atom stereocenters. The van der Waals surface area contributed by atoms with Crippen molar-refractivity contribution in [2.24, 2.45) is 0 Å². The number of hydrogen-bond donors (Lipinski definition) is 2. The number of carboxylic acids is 1. The lowest BCUT2D eigenvalue weighted by Gasteiger charge is -2.18. The van der Waals surface area contributed by atoms with Crippen LogP contribution in [0.2, 0.25) is 0 Å². The van der Waals surface area contributed by atoms with E-state index in [1.807, 2.05) is 43.3 Å². The van der Waals surface area contributed by atoms with Gasteiger partial charge in [0.1, 0.15) is 6.04 Å². The summed E-state index contributed by atoms with van der Waals surface area (Å²) in [4.78, 5) is 10.9. The van der Waals surface area contributed by atoms with Crippen LogP contribution < -0.4 is 5.32 Å². The van der Waals surface area contributed by atoms with E-state index >= 15 is 0 Å². The van der Waals surface area contributed by atoms with E-state index in [0.717, 1.165) is 5.56 Å². The van der Waals surface area contributed by atoms with Gasteiger partial charge in [-0.15, -0.1) is 0 Å². The summed E-state index contributed by atoms with van der Waals surface area (Å²) in [5, 5.41) is 12.1. The van der Waals surface area contributed by atoms with Crippen LogP contribution in [-0.4, -0.2) is 17.1 Å². The zero-order valence-corrected chi connectivity index (χ0v) is 9.18. The summed E-state index contributed by atoms with van der Waals surface area (Å²) in [5.74, 6) is -0.791. The van der Waals surface area contributed by atoms with Crippen molar-refractivity contribution >= 4 is 12.0 Å². The Labute approximate surface area is 94.8 Å². The summed E-state index contributed by atoms with van der Waals surface area (Å²) in [5.41, 5.74) is 2.32. The first-order chi connectivity index (χ1) is 7.72. The van der Waals surface area contributed by atoms with Crippen molar-refractivity contribution in [3.8, 4) is 0 Å². The van der Waals surface area contributed by atoms with Gasteiger partial charge in [0, 0.05) is 0 Å². The molecule has 0 heterocycles. The molecule has 3 heteroatoms. The molecule has 1 aliphatic carbocycles. The van der Waals surface area contributed by atoms with Gasteiger partial charge >= 0.3 is 5.97 Å². The molecule has 1 aliphatic rings. The SMILES string of the molecule is CC[C@H](N[C@H]1C=Cc2ccccc21)C(=O)O. The largest absolute Gasteiger partial charge is 0.480 e. The predicted octanol–water partition coefficient (Wildman–Crippen LogP) is 2.21. The molecule has 0 radical (unpaired) electrons. The summed E-state index contributed by atoms with van der Waals surface area (Å²) >= 11 is 0. The third-order valence-electron chi connectivity index (χ3n) is 2.89. The van der Waals surface area contributed by atoms with Crippen molar-refractivity contribution in [3.63, 3.8) is 0 Å².